The molecule has 0 aliphatic carbocycles. The Balaban J connectivity index is 3.52. The van der Waals surface area contributed by atoms with E-state index in [1.165, 1.54) is 0 Å². The average molecular weight is 263 g/mol. The van der Waals surface area contributed by atoms with Crippen molar-refractivity contribution in [2.75, 3.05) is 6.61 Å². The minimum absolute atomic E-state index is 0.0576. The van der Waals surface area contributed by atoms with Crippen LogP contribution in [0.2, 0.25) is 12.6 Å². The fourth-order valence-corrected chi connectivity index (χ4v) is 8.34. The van der Waals surface area contributed by atoms with Gasteiger partial charge in [-0.3, -0.25) is 0 Å². The Labute approximate surface area is 99.0 Å². The summed E-state index contributed by atoms with van der Waals surface area (Å²) in [6.45, 7) is 7.97. The second-order valence-electron chi connectivity index (χ2n) is 3.46. The number of ether oxygens (including phenoxy) is 1. The van der Waals surface area contributed by atoms with Crippen LogP contribution in [0.5, 0.6) is 0 Å². The van der Waals surface area contributed by atoms with Crippen molar-refractivity contribution >= 4 is 35.2 Å². The molecule has 0 rings (SSSR count). The topological polar surface area (TPSA) is 50.4 Å². The Morgan fingerprint density at radius 2 is 2.33 bits per heavy atom. The van der Waals surface area contributed by atoms with Gasteiger partial charge in [0.2, 0.25) is 0 Å². The molecule has 0 aromatic heterocycles. The van der Waals surface area contributed by atoms with Crippen LogP contribution >= 0.6 is 0 Å². The molecule has 0 aromatic rings. The van der Waals surface area contributed by atoms with Crippen LogP contribution in [-0.2, 0) is 9.53 Å². The van der Waals surface area contributed by atoms with Crippen LogP contribution in [0.4, 0.5) is 0 Å². The molecular formula is C8H22N2O2Si3. The van der Waals surface area contributed by atoms with Crippen LogP contribution in [0.15, 0.2) is 12.2 Å². The van der Waals surface area contributed by atoms with E-state index in [0.717, 1.165) is 22.9 Å². The molecule has 7 heteroatoms. The van der Waals surface area contributed by atoms with Gasteiger partial charge in [0.1, 0.15) is 0 Å². The summed E-state index contributed by atoms with van der Waals surface area (Å²) in [5.74, 6) is -0.273. The lowest BCUT2D eigenvalue weighted by molar-refractivity contribution is -0.138. The quantitative estimate of drug-likeness (QED) is 0.237. The number of carbonyl (C=O) groups excluding carboxylic acids is 1. The third-order valence-corrected chi connectivity index (χ3v) is 9.40. The maximum absolute atomic E-state index is 11.1. The van der Waals surface area contributed by atoms with E-state index in [-0.39, 0.29) is 15.7 Å². The van der Waals surface area contributed by atoms with Crippen molar-refractivity contribution in [1.82, 2.24) is 9.30 Å². The minimum Gasteiger partial charge on any atom is -0.462 e. The molecular weight excluding hydrogens is 240 g/mol. The summed E-state index contributed by atoms with van der Waals surface area (Å²) in [4.78, 5) is 11.1. The molecule has 4 nitrogen and oxygen atoms in total. The Bertz CT molecular complexity index is 214. The van der Waals surface area contributed by atoms with Crippen molar-refractivity contribution in [3.63, 3.8) is 0 Å². The van der Waals surface area contributed by atoms with Crippen molar-refractivity contribution in [3.8, 4) is 0 Å². The molecule has 2 N–H and O–H groups in total. The second-order valence-corrected chi connectivity index (χ2v) is 9.79. The van der Waals surface area contributed by atoms with Crippen LogP contribution in [0.25, 0.3) is 0 Å². The van der Waals surface area contributed by atoms with Gasteiger partial charge in [-0.1, -0.05) is 13.1 Å². The van der Waals surface area contributed by atoms with E-state index < -0.39 is 9.12 Å². The Hall–Kier alpha value is -0.219. The van der Waals surface area contributed by atoms with E-state index in [0.29, 0.717) is 12.2 Å². The van der Waals surface area contributed by atoms with E-state index in [1.807, 2.05) is 0 Å². The highest BCUT2D eigenvalue weighted by Crippen LogP contribution is 1.97. The predicted octanol–water partition coefficient (Wildman–Crippen LogP) is -1.69. The molecule has 1 atom stereocenters. The smallest absolute Gasteiger partial charge is 0.333 e. The number of esters is 1. The summed E-state index contributed by atoms with van der Waals surface area (Å²) in [5, 5.41) is 0. The van der Waals surface area contributed by atoms with Gasteiger partial charge in [0.15, 0.2) is 9.12 Å². The van der Waals surface area contributed by atoms with Gasteiger partial charge in [-0.15, -0.1) is 0 Å². The monoisotopic (exact) mass is 262 g/mol. The number of hydrogen-bond donors (Lipinski definition) is 2. The van der Waals surface area contributed by atoms with E-state index in [2.05, 4.69) is 22.4 Å². The van der Waals surface area contributed by atoms with E-state index in [4.69, 9.17) is 4.74 Å². The molecule has 15 heavy (non-hydrogen) atoms. The zero-order valence-corrected chi connectivity index (χ0v) is 14.5. The van der Waals surface area contributed by atoms with E-state index >= 15 is 0 Å². The summed E-state index contributed by atoms with van der Waals surface area (Å²) in [5.41, 5.74) is 0.476. The predicted molar refractivity (Wildman–Crippen MR) is 73.0 cm³/mol. The Morgan fingerprint density at radius 1 is 1.67 bits per heavy atom. The SMILES string of the molecule is C=C(C)C(=O)OCCC[SiH](N[SiH3])N[SiH2]C. The van der Waals surface area contributed by atoms with Crippen LogP contribution in [0.1, 0.15) is 13.3 Å². The zero-order chi connectivity index (χ0) is 11.7. The highest BCUT2D eigenvalue weighted by atomic mass is 28.4. The Kier molecular flexibility index (Phi) is 8.91. The second kappa shape index (κ2) is 9.04. The molecule has 0 amide bonds. The normalized spacial score (nSPS) is 13.2. The van der Waals surface area contributed by atoms with Crippen LogP contribution in [-0.4, -0.2) is 41.8 Å². The lowest BCUT2D eigenvalue weighted by atomic mass is 10.4. The number of nitrogens with one attached hydrogen (secondary N) is 2. The number of hydrogen-bond acceptors (Lipinski definition) is 4. The first-order chi connectivity index (χ1) is 7.11. The van der Waals surface area contributed by atoms with Crippen LogP contribution < -0.4 is 9.30 Å². The first-order valence-corrected chi connectivity index (χ1v) is 10.4. The maximum atomic E-state index is 11.1. The molecule has 0 saturated carbocycles. The first-order valence-electron chi connectivity index (χ1n) is 5.35. The fourth-order valence-electron chi connectivity index (χ4n) is 1.17. The third kappa shape index (κ3) is 7.68. The molecule has 0 aliphatic rings. The molecule has 0 bridgehead atoms. The van der Waals surface area contributed by atoms with Gasteiger partial charge in [-0.2, -0.15) is 0 Å². The Morgan fingerprint density at radius 3 is 2.80 bits per heavy atom. The molecule has 0 saturated heterocycles. The minimum atomic E-state index is -0.891. The highest BCUT2D eigenvalue weighted by molar-refractivity contribution is 6.66. The van der Waals surface area contributed by atoms with Crippen LogP contribution in [0, 0.1) is 0 Å². The molecule has 1 unspecified atom stereocenters. The lowest BCUT2D eigenvalue weighted by Gasteiger charge is -2.14. The van der Waals surface area contributed by atoms with Gasteiger partial charge >= 0.3 is 5.97 Å². The van der Waals surface area contributed by atoms with Crippen LogP contribution in [0.3, 0.4) is 0 Å². The molecule has 88 valence electrons. The average Bonchev–Trinajstić information content (AvgIpc) is 2.22. The molecule has 0 aromatic carbocycles. The lowest BCUT2D eigenvalue weighted by Crippen LogP contribution is -2.47. The van der Waals surface area contributed by atoms with Crippen molar-refractivity contribution < 1.29 is 9.53 Å². The molecule has 0 aliphatic heterocycles. The van der Waals surface area contributed by atoms with Gasteiger partial charge in [0.25, 0.3) is 0 Å². The van der Waals surface area contributed by atoms with Gasteiger partial charge in [-0.25, -0.2) is 4.79 Å². The van der Waals surface area contributed by atoms with E-state index in [9.17, 15) is 4.79 Å². The van der Waals surface area contributed by atoms with Crippen molar-refractivity contribution in [2.45, 2.75) is 25.9 Å². The van der Waals surface area contributed by atoms with E-state index in [1.54, 1.807) is 6.92 Å². The number of rotatable bonds is 8. The van der Waals surface area contributed by atoms with Crippen molar-refractivity contribution in [1.29, 1.82) is 0 Å². The summed E-state index contributed by atoms with van der Waals surface area (Å²) in [6.07, 6.45) is 0.951. The van der Waals surface area contributed by atoms with Gasteiger partial charge < -0.3 is 14.0 Å². The van der Waals surface area contributed by atoms with Gasteiger partial charge in [0, 0.05) is 5.57 Å². The molecule has 0 spiro atoms. The highest BCUT2D eigenvalue weighted by Gasteiger charge is 2.07. The summed E-state index contributed by atoms with van der Waals surface area (Å²) in [6, 6.07) is 1.15. The molecule has 0 radical (unpaired) electrons. The molecule has 0 heterocycles. The standard InChI is InChI=1S/C8H22N2O2Si3/c1-7(2)8(11)12-5-4-6-15(9-13)10-14-3/h9-10,15H,1,4-6,14H2,2-3,13H3. The fraction of sp³-hybridized carbons (Fsp3) is 0.625. The number of carbonyl (C=O) groups is 1. The van der Waals surface area contributed by atoms with Gasteiger partial charge in [0.05, 0.1) is 26.7 Å². The summed E-state index contributed by atoms with van der Waals surface area (Å²) < 4.78 is 12.1. The maximum Gasteiger partial charge on any atom is 0.333 e. The summed E-state index contributed by atoms with van der Waals surface area (Å²) >= 11 is 0. The van der Waals surface area contributed by atoms with Gasteiger partial charge in [-0.05, 0) is 19.4 Å². The zero-order valence-electron chi connectivity index (χ0n) is 9.93. The summed E-state index contributed by atoms with van der Waals surface area (Å²) in [7, 11) is 0.0997. The first kappa shape index (κ1) is 14.8. The van der Waals surface area contributed by atoms with Crippen molar-refractivity contribution in [2.24, 2.45) is 0 Å². The largest absolute Gasteiger partial charge is 0.462 e. The van der Waals surface area contributed by atoms with Crippen molar-refractivity contribution in [3.05, 3.63) is 12.2 Å². The third-order valence-electron chi connectivity index (χ3n) is 2.02. The molecule has 0 fully saturated rings.